The minimum Gasteiger partial charge on any atom is -0.497 e. The van der Waals surface area contributed by atoms with E-state index in [0.29, 0.717) is 0 Å². The Morgan fingerprint density at radius 2 is 1.90 bits per heavy atom. The van der Waals surface area contributed by atoms with Gasteiger partial charge in [-0.05, 0) is 49.4 Å². The van der Waals surface area contributed by atoms with Gasteiger partial charge in [-0.25, -0.2) is 0 Å². The van der Waals surface area contributed by atoms with Crippen LogP contribution < -0.4 is 14.8 Å². The van der Waals surface area contributed by atoms with Gasteiger partial charge in [0.2, 0.25) is 0 Å². The summed E-state index contributed by atoms with van der Waals surface area (Å²) in [6.45, 7) is 2.08. The molecular weight excluding hydrogens is 252 g/mol. The Hall–Kier alpha value is -2.07. The van der Waals surface area contributed by atoms with Crippen LogP contribution in [0, 0.1) is 6.92 Å². The molecule has 0 bridgehead atoms. The van der Waals surface area contributed by atoms with Gasteiger partial charge in [0.1, 0.15) is 11.5 Å². The van der Waals surface area contributed by atoms with Crippen LogP contribution in [0.2, 0.25) is 0 Å². The molecule has 106 valence electrons. The first-order valence-corrected chi connectivity index (χ1v) is 6.51. The summed E-state index contributed by atoms with van der Waals surface area (Å²) in [6, 6.07) is 7.82. The Morgan fingerprint density at radius 1 is 1.10 bits per heavy atom. The highest BCUT2D eigenvalue weighted by molar-refractivity contribution is 5.47. The highest BCUT2D eigenvalue weighted by Gasteiger charge is 2.19. The second-order valence-corrected chi connectivity index (χ2v) is 4.56. The monoisotopic (exact) mass is 272 g/mol. The molecule has 0 saturated carbocycles. The molecule has 4 heteroatoms. The minimum absolute atomic E-state index is 0.00810. The molecule has 1 aromatic carbocycles. The van der Waals surface area contributed by atoms with Crippen molar-refractivity contribution in [2.75, 3.05) is 21.3 Å². The molecule has 0 aliphatic carbocycles. The van der Waals surface area contributed by atoms with E-state index in [0.717, 1.165) is 22.6 Å². The lowest BCUT2D eigenvalue weighted by atomic mass is 9.96. The standard InChI is InChI=1S/C16H20N2O2/c1-11-7-8-18-10-14(11)16(17-2)13-9-12(19-3)5-6-15(13)20-4/h5-10,16-17H,1-4H3. The van der Waals surface area contributed by atoms with E-state index >= 15 is 0 Å². The van der Waals surface area contributed by atoms with Crippen LogP contribution in [0.15, 0.2) is 36.7 Å². The van der Waals surface area contributed by atoms with E-state index < -0.39 is 0 Å². The summed E-state index contributed by atoms with van der Waals surface area (Å²) in [4.78, 5) is 4.23. The van der Waals surface area contributed by atoms with Gasteiger partial charge in [-0.1, -0.05) is 0 Å². The van der Waals surface area contributed by atoms with E-state index in [1.54, 1.807) is 20.4 Å². The van der Waals surface area contributed by atoms with Crippen LogP contribution >= 0.6 is 0 Å². The molecule has 4 nitrogen and oxygen atoms in total. The van der Waals surface area contributed by atoms with Gasteiger partial charge >= 0.3 is 0 Å². The highest BCUT2D eigenvalue weighted by atomic mass is 16.5. The predicted octanol–water partition coefficient (Wildman–Crippen LogP) is 2.72. The molecule has 0 fully saturated rings. The van der Waals surface area contributed by atoms with Crippen molar-refractivity contribution in [1.82, 2.24) is 10.3 Å². The first-order chi connectivity index (χ1) is 9.71. The summed E-state index contributed by atoms with van der Waals surface area (Å²) in [5.41, 5.74) is 3.34. The van der Waals surface area contributed by atoms with Crippen LogP contribution in [-0.2, 0) is 0 Å². The number of aromatic nitrogens is 1. The smallest absolute Gasteiger partial charge is 0.124 e. The molecule has 20 heavy (non-hydrogen) atoms. The Morgan fingerprint density at radius 3 is 2.50 bits per heavy atom. The maximum Gasteiger partial charge on any atom is 0.124 e. The molecule has 0 aliphatic rings. The van der Waals surface area contributed by atoms with Gasteiger partial charge in [0.25, 0.3) is 0 Å². The van der Waals surface area contributed by atoms with E-state index in [-0.39, 0.29) is 6.04 Å². The lowest BCUT2D eigenvalue weighted by Crippen LogP contribution is -2.19. The first kappa shape index (κ1) is 14.3. The molecule has 0 aliphatic heterocycles. The molecule has 2 rings (SSSR count). The number of benzene rings is 1. The molecule has 0 saturated heterocycles. The van der Waals surface area contributed by atoms with E-state index in [4.69, 9.17) is 9.47 Å². The Kier molecular flexibility index (Phi) is 4.58. The second-order valence-electron chi connectivity index (χ2n) is 4.56. The Bertz CT molecular complexity index is 584. The molecule has 1 heterocycles. The van der Waals surface area contributed by atoms with Gasteiger partial charge in [-0.15, -0.1) is 0 Å². The number of rotatable bonds is 5. The van der Waals surface area contributed by atoms with Crippen LogP contribution in [0.4, 0.5) is 0 Å². The molecule has 1 atom stereocenters. The van der Waals surface area contributed by atoms with Crippen molar-refractivity contribution in [2.45, 2.75) is 13.0 Å². The number of hydrogen-bond donors (Lipinski definition) is 1. The fourth-order valence-electron chi connectivity index (χ4n) is 2.32. The summed E-state index contributed by atoms with van der Waals surface area (Å²) in [6.07, 6.45) is 3.68. The van der Waals surface area contributed by atoms with Crippen molar-refractivity contribution in [2.24, 2.45) is 0 Å². The van der Waals surface area contributed by atoms with E-state index in [2.05, 4.69) is 17.2 Å². The molecule has 0 radical (unpaired) electrons. The summed E-state index contributed by atoms with van der Waals surface area (Å²) < 4.78 is 10.8. The van der Waals surface area contributed by atoms with Gasteiger partial charge in [0.05, 0.1) is 20.3 Å². The first-order valence-electron chi connectivity index (χ1n) is 6.51. The lowest BCUT2D eigenvalue weighted by Gasteiger charge is -2.21. The number of hydrogen-bond acceptors (Lipinski definition) is 4. The number of methoxy groups -OCH3 is 2. The van der Waals surface area contributed by atoms with E-state index in [1.165, 1.54) is 5.56 Å². The summed E-state index contributed by atoms with van der Waals surface area (Å²) in [5, 5.41) is 3.33. The van der Waals surface area contributed by atoms with Gasteiger partial charge < -0.3 is 14.8 Å². The van der Waals surface area contributed by atoms with Crippen LogP contribution in [0.5, 0.6) is 11.5 Å². The lowest BCUT2D eigenvalue weighted by molar-refractivity contribution is 0.395. The van der Waals surface area contributed by atoms with E-state index in [1.807, 2.05) is 37.5 Å². The second kappa shape index (κ2) is 6.39. The quantitative estimate of drug-likeness (QED) is 0.909. The third-order valence-corrected chi connectivity index (χ3v) is 3.43. The molecule has 1 unspecified atom stereocenters. The highest BCUT2D eigenvalue weighted by Crippen LogP contribution is 2.33. The van der Waals surface area contributed by atoms with Gasteiger partial charge in [0.15, 0.2) is 0 Å². The third kappa shape index (κ3) is 2.75. The number of pyridine rings is 1. The van der Waals surface area contributed by atoms with Crippen LogP contribution in [0.3, 0.4) is 0 Å². The zero-order valence-corrected chi connectivity index (χ0v) is 12.3. The van der Waals surface area contributed by atoms with Crippen molar-refractivity contribution < 1.29 is 9.47 Å². The van der Waals surface area contributed by atoms with Crippen LogP contribution in [0.25, 0.3) is 0 Å². The number of ether oxygens (including phenoxy) is 2. The van der Waals surface area contributed by atoms with Gasteiger partial charge in [-0.2, -0.15) is 0 Å². The number of nitrogens with zero attached hydrogens (tertiary/aromatic N) is 1. The SMILES string of the molecule is CNC(c1cnccc1C)c1cc(OC)ccc1OC. The van der Waals surface area contributed by atoms with Crippen molar-refractivity contribution in [1.29, 1.82) is 0 Å². The topological polar surface area (TPSA) is 43.4 Å². The fourth-order valence-corrected chi connectivity index (χ4v) is 2.32. The van der Waals surface area contributed by atoms with Crippen molar-refractivity contribution in [3.05, 3.63) is 53.3 Å². The van der Waals surface area contributed by atoms with Crippen LogP contribution in [-0.4, -0.2) is 26.3 Å². The number of aryl methyl sites for hydroxylation is 1. The predicted molar refractivity (Wildman–Crippen MR) is 79.4 cm³/mol. The maximum absolute atomic E-state index is 5.47. The zero-order chi connectivity index (χ0) is 14.5. The summed E-state index contributed by atoms with van der Waals surface area (Å²) >= 11 is 0. The Labute approximate surface area is 119 Å². The molecule has 2 aromatic rings. The average Bonchev–Trinajstić information content (AvgIpc) is 2.49. The Balaban J connectivity index is 2.54. The third-order valence-electron chi connectivity index (χ3n) is 3.43. The average molecular weight is 272 g/mol. The van der Waals surface area contributed by atoms with Crippen molar-refractivity contribution in [3.63, 3.8) is 0 Å². The zero-order valence-electron chi connectivity index (χ0n) is 12.3. The van der Waals surface area contributed by atoms with Gasteiger partial charge in [0, 0.05) is 18.0 Å². The van der Waals surface area contributed by atoms with Crippen molar-refractivity contribution >= 4 is 0 Å². The fraction of sp³-hybridized carbons (Fsp3) is 0.312. The molecule has 0 spiro atoms. The summed E-state index contributed by atoms with van der Waals surface area (Å²) in [7, 11) is 5.26. The maximum atomic E-state index is 5.47. The van der Waals surface area contributed by atoms with Crippen molar-refractivity contribution in [3.8, 4) is 11.5 Å². The minimum atomic E-state index is 0.00810. The normalized spacial score (nSPS) is 12.0. The molecular formula is C16H20N2O2. The number of nitrogens with one attached hydrogen (secondary N) is 1. The molecule has 1 aromatic heterocycles. The largest absolute Gasteiger partial charge is 0.497 e. The van der Waals surface area contributed by atoms with E-state index in [9.17, 15) is 0 Å². The molecule has 1 N–H and O–H groups in total. The molecule has 0 amide bonds. The van der Waals surface area contributed by atoms with Gasteiger partial charge in [-0.3, -0.25) is 4.98 Å². The van der Waals surface area contributed by atoms with Crippen LogP contribution in [0.1, 0.15) is 22.7 Å². The summed E-state index contributed by atoms with van der Waals surface area (Å²) in [5.74, 6) is 1.64.